The fourth-order valence-corrected chi connectivity index (χ4v) is 4.67. The molecule has 2 heterocycles. The highest BCUT2D eigenvalue weighted by atomic mass is 16.5. The minimum atomic E-state index is -0.912. The van der Waals surface area contributed by atoms with Crippen LogP contribution in [0.1, 0.15) is 55.3 Å². The Labute approximate surface area is 216 Å². The summed E-state index contributed by atoms with van der Waals surface area (Å²) in [5.41, 5.74) is 4.26. The van der Waals surface area contributed by atoms with Crippen LogP contribution in [-0.2, 0) is 11.2 Å². The summed E-state index contributed by atoms with van der Waals surface area (Å²) in [6.07, 6.45) is 6.24. The monoisotopic (exact) mass is 510 g/mol. The van der Waals surface area contributed by atoms with Crippen molar-refractivity contribution < 1.29 is 29.0 Å². The van der Waals surface area contributed by atoms with Crippen LogP contribution in [0, 0.1) is 6.92 Å². The van der Waals surface area contributed by atoms with Crippen molar-refractivity contribution >= 4 is 5.91 Å². The number of aliphatic hydroxyl groups excluding tert-OH is 2. The maximum atomic E-state index is 11.2. The van der Waals surface area contributed by atoms with Crippen LogP contribution in [0.2, 0.25) is 0 Å². The SMILES string of the molecule is CCc1cc(-c2noc(-c3cnc(C4CCCC4)c(OC)c3)n2)cc(C)c1OC[C@@H](O)CNC(=O)CO. The standard InChI is InChI=1S/C27H34N4O6/c1-4-17-10-19(9-16(2)25(17)36-15-21(33)13-28-23(34)14-32)26-30-27(37-31-26)20-11-22(35-3)24(29-12-20)18-7-5-6-8-18/h9-12,18,21,32-33H,4-8,13-15H2,1-3H3,(H,28,34)/t21-/m0/s1. The van der Waals surface area contributed by atoms with Gasteiger partial charge in [0.05, 0.1) is 18.4 Å². The Hall–Kier alpha value is -3.50. The average molecular weight is 511 g/mol. The second kappa shape index (κ2) is 12.2. The van der Waals surface area contributed by atoms with Crippen molar-refractivity contribution in [1.82, 2.24) is 20.4 Å². The highest BCUT2D eigenvalue weighted by molar-refractivity contribution is 5.76. The molecule has 3 N–H and O–H groups in total. The number of aliphatic hydroxyl groups is 2. The van der Waals surface area contributed by atoms with Crippen LogP contribution < -0.4 is 14.8 Å². The minimum absolute atomic E-state index is 0.00304. The Morgan fingerprint density at radius 3 is 2.73 bits per heavy atom. The molecule has 10 nitrogen and oxygen atoms in total. The van der Waals surface area contributed by atoms with Crippen LogP contribution in [0.3, 0.4) is 0 Å². The quantitative estimate of drug-likeness (QED) is 0.355. The molecule has 10 heteroatoms. The van der Waals surface area contributed by atoms with Gasteiger partial charge in [0, 0.05) is 24.2 Å². The number of carbonyl (C=O) groups excluding carboxylic acids is 1. The summed E-state index contributed by atoms with van der Waals surface area (Å²) >= 11 is 0. The van der Waals surface area contributed by atoms with Crippen LogP contribution in [0.4, 0.5) is 0 Å². The number of carbonyl (C=O) groups is 1. The third-order valence-electron chi connectivity index (χ3n) is 6.61. The van der Waals surface area contributed by atoms with Gasteiger partial charge in [-0.2, -0.15) is 4.98 Å². The number of rotatable bonds is 11. The van der Waals surface area contributed by atoms with Crippen LogP contribution in [0.5, 0.6) is 11.5 Å². The van der Waals surface area contributed by atoms with E-state index in [-0.39, 0.29) is 13.2 Å². The third kappa shape index (κ3) is 6.26. The summed E-state index contributed by atoms with van der Waals surface area (Å²) in [6, 6.07) is 5.76. The zero-order chi connectivity index (χ0) is 26.4. The summed E-state index contributed by atoms with van der Waals surface area (Å²) < 4.78 is 17.1. The Kier molecular flexibility index (Phi) is 8.73. The van der Waals surface area contributed by atoms with Crippen molar-refractivity contribution in [2.24, 2.45) is 0 Å². The Bertz CT molecular complexity index is 1220. The fourth-order valence-electron chi connectivity index (χ4n) is 4.67. The molecule has 198 valence electrons. The van der Waals surface area contributed by atoms with Crippen molar-refractivity contribution in [3.63, 3.8) is 0 Å². The molecule has 1 aromatic carbocycles. The molecule has 1 fully saturated rings. The van der Waals surface area contributed by atoms with Crippen LogP contribution >= 0.6 is 0 Å². The number of methoxy groups -OCH3 is 1. The van der Waals surface area contributed by atoms with E-state index in [1.54, 1.807) is 13.3 Å². The second-order valence-corrected chi connectivity index (χ2v) is 9.28. The molecule has 0 saturated heterocycles. The van der Waals surface area contributed by atoms with Crippen molar-refractivity contribution in [2.45, 2.75) is 58.0 Å². The molecular formula is C27H34N4O6. The van der Waals surface area contributed by atoms with Gasteiger partial charge in [-0.25, -0.2) is 0 Å². The van der Waals surface area contributed by atoms with Gasteiger partial charge in [-0.15, -0.1) is 0 Å². The highest BCUT2D eigenvalue weighted by Crippen LogP contribution is 2.39. The average Bonchev–Trinajstić information content (AvgIpc) is 3.63. The van der Waals surface area contributed by atoms with Gasteiger partial charge in [0.2, 0.25) is 11.7 Å². The lowest BCUT2D eigenvalue weighted by Crippen LogP contribution is -2.36. The third-order valence-corrected chi connectivity index (χ3v) is 6.61. The van der Waals surface area contributed by atoms with Crippen molar-refractivity contribution in [1.29, 1.82) is 0 Å². The van der Waals surface area contributed by atoms with E-state index in [4.69, 9.17) is 19.1 Å². The predicted molar refractivity (Wildman–Crippen MR) is 136 cm³/mol. The fraction of sp³-hybridized carbons (Fsp3) is 0.481. The van der Waals surface area contributed by atoms with E-state index >= 15 is 0 Å². The van der Waals surface area contributed by atoms with Gasteiger partial charge in [-0.05, 0) is 55.5 Å². The molecule has 0 bridgehead atoms. The smallest absolute Gasteiger partial charge is 0.259 e. The number of benzene rings is 1. The van der Waals surface area contributed by atoms with E-state index in [0.29, 0.717) is 35.4 Å². The first-order chi connectivity index (χ1) is 17.9. The first-order valence-corrected chi connectivity index (χ1v) is 12.6. The minimum Gasteiger partial charge on any atom is -0.495 e. The first kappa shape index (κ1) is 26.6. The molecule has 0 unspecified atom stereocenters. The van der Waals surface area contributed by atoms with Crippen LogP contribution in [0.15, 0.2) is 28.9 Å². The topological polar surface area (TPSA) is 140 Å². The van der Waals surface area contributed by atoms with Crippen molar-refractivity contribution in [3.8, 4) is 34.3 Å². The van der Waals surface area contributed by atoms with Gasteiger partial charge < -0.3 is 29.5 Å². The van der Waals surface area contributed by atoms with E-state index in [0.717, 1.165) is 41.0 Å². The molecule has 37 heavy (non-hydrogen) atoms. The number of aromatic nitrogens is 3. The Morgan fingerprint density at radius 2 is 2.03 bits per heavy atom. The lowest BCUT2D eigenvalue weighted by molar-refractivity contribution is -0.124. The molecule has 2 aromatic heterocycles. The maximum Gasteiger partial charge on any atom is 0.259 e. The summed E-state index contributed by atoms with van der Waals surface area (Å²) in [7, 11) is 1.65. The van der Waals surface area contributed by atoms with Crippen molar-refractivity contribution in [2.75, 3.05) is 26.9 Å². The molecule has 0 radical (unpaired) electrons. The van der Waals surface area contributed by atoms with Gasteiger partial charge in [0.1, 0.15) is 30.8 Å². The van der Waals surface area contributed by atoms with Gasteiger partial charge in [0.15, 0.2) is 0 Å². The number of hydrogen-bond donors (Lipinski definition) is 3. The molecule has 1 atom stereocenters. The molecule has 0 spiro atoms. The number of aryl methyl sites for hydroxylation is 2. The molecule has 1 aliphatic carbocycles. The Balaban J connectivity index is 1.50. The molecule has 1 saturated carbocycles. The molecule has 1 aliphatic rings. The lowest BCUT2D eigenvalue weighted by atomic mass is 10.0. The molecule has 4 rings (SSSR count). The summed E-state index contributed by atoms with van der Waals surface area (Å²) in [6.45, 7) is 3.29. The van der Waals surface area contributed by atoms with Gasteiger partial charge in [-0.1, -0.05) is 24.9 Å². The van der Waals surface area contributed by atoms with Gasteiger partial charge >= 0.3 is 0 Å². The van der Waals surface area contributed by atoms with Crippen LogP contribution in [0.25, 0.3) is 22.8 Å². The van der Waals surface area contributed by atoms with E-state index in [1.165, 1.54) is 12.8 Å². The van der Waals surface area contributed by atoms with Crippen LogP contribution in [-0.4, -0.2) is 64.2 Å². The number of ether oxygens (including phenoxy) is 2. The number of nitrogens with one attached hydrogen (secondary N) is 1. The summed E-state index contributed by atoms with van der Waals surface area (Å²) in [5.74, 6) is 2.10. The van der Waals surface area contributed by atoms with E-state index < -0.39 is 18.6 Å². The van der Waals surface area contributed by atoms with E-state index in [1.807, 2.05) is 32.0 Å². The largest absolute Gasteiger partial charge is 0.495 e. The number of nitrogens with zero attached hydrogens (tertiary/aromatic N) is 3. The molecular weight excluding hydrogens is 476 g/mol. The zero-order valence-electron chi connectivity index (χ0n) is 21.5. The van der Waals surface area contributed by atoms with Gasteiger partial charge in [0.25, 0.3) is 5.89 Å². The van der Waals surface area contributed by atoms with E-state index in [9.17, 15) is 9.90 Å². The van der Waals surface area contributed by atoms with Crippen molar-refractivity contribution in [3.05, 3.63) is 41.2 Å². The van der Waals surface area contributed by atoms with Gasteiger partial charge in [-0.3, -0.25) is 9.78 Å². The number of hydrogen-bond acceptors (Lipinski definition) is 9. The predicted octanol–water partition coefficient (Wildman–Crippen LogP) is 3.18. The number of amides is 1. The second-order valence-electron chi connectivity index (χ2n) is 9.28. The molecule has 3 aromatic rings. The summed E-state index contributed by atoms with van der Waals surface area (Å²) in [5, 5.41) is 25.5. The zero-order valence-corrected chi connectivity index (χ0v) is 21.5. The molecule has 0 aliphatic heterocycles. The Morgan fingerprint density at radius 1 is 1.24 bits per heavy atom. The highest BCUT2D eigenvalue weighted by Gasteiger charge is 2.23. The first-order valence-electron chi connectivity index (χ1n) is 12.6. The molecule has 1 amide bonds. The normalized spacial score (nSPS) is 14.5. The lowest BCUT2D eigenvalue weighted by Gasteiger charge is -2.17. The maximum absolute atomic E-state index is 11.2. The number of pyridine rings is 1. The summed E-state index contributed by atoms with van der Waals surface area (Å²) in [4.78, 5) is 20.5. The van der Waals surface area contributed by atoms with E-state index in [2.05, 4.69) is 20.4 Å².